The maximum Gasteiger partial charge on any atom is 0.226 e. The van der Waals surface area contributed by atoms with Gasteiger partial charge in [-0.2, -0.15) is 10.1 Å². The molecule has 0 aliphatic carbocycles. The van der Waals surface area contributed by atoms with Crippen LogP contribution in [0, 0.1) is 0 Å². The smallest absolute Gasteiger partial charge is 0.226 e. The fourth-order valence-electron chi connectivity index (χ4n) is 4.66. The summed E-state index contributed by atoms with van der Waals surface area (Å²) in [6, 6.07) is 24.1. The number of aromatic nitrogens is 3. The molecule has 0 bridgehead atoms. The molecule has 6 rings (SSSR count). The second kappa shape index (κ2) is 7.70. The van der Waals surface area contributed by atoms with E-state index in [1.807, 2.05) is 59.3 Å². The van der Waals surface area contributed by atoms with Crippen LogP contribution >= 0.6 is 0 Å². The molecule has 0 radical (unpaired) electrons. The number of anilines is 1. The third-order valence-electron chi connectivity index (χ3n) is 6.15. The Morgan fingerprint density at radius 1 is 0.879 bits per heavy atom. The predicted octanol–water partition coefficient (Wildman–Crippen LogP) is 4.86. The minimum atomic E-state index is -0.371. The molecule has 33 heavy (non-hydrogen) atoms. The van der Waals surface area contributed by atoms with Crippen LogP contribution in [0.4, 0.5) is 5.95 Å². The van der Waals surface area contributed by atoms with Gasteiger partial charge in [-0.25, -0.2) is 4.68 Å². The fourth-order valence-corrected chi connectivity index (χ4v) is 4.66. The van der Waals surface area contributed by atoms with Crippen LogP contribution in [-0.4, -0.2) is 29.0 Å². The number of hydrogen-bond acceptors (Lipinski definition) is 6. The van der Waals surface area contributed by atoms with Crippen LogP contribution in [0.2, 0.25) is 0 Å². The van der Waals surface area contributed by atoms with Crippen molar-refractivity contribution in [1.29, 1.82) is 0 Å². The number of rotatable bonds is 4. The van der Waals surface area contributed by atoms with Gasteiger partial charge in [0.15, 0.2) is 11.5 Å². The van der Waals surface area contributed by atoms with Crippen molar-refractivity contribution < 1.29 is 14.2 Å². The molecule has 2 aliphatic heterocycles. The van der Waals surface area contributed by atoms with Gasteiger partial charge in [0.1, 0.15) is 24.2 Å². The molecule has 0 saturated heterocycles. The van der Waals surface area contributed by atoms with Gasteiger partial charge in [-0.15, -0.1) is 0 Å². The third-order valence-corrected chi connectivity index (χ3v) is 6.15. The van der Waals surface area contributed by atoms with Gasteiger partial charge in [-0.3, -0.25) is 0 Å². The Labute approximate surface area is 191 Å². The number of hydrogen-bond donors (Lipinski definition) is 1. The normalized spacial score (nSPS) is 18.4. The van der Waals surface area contributed by atoms with Crippen LogP contribution in [0.3, 0.4) is 0 Å². The first kappa shape index (κ1) is 19.4. The van der Waals surface area contributed by atoms with E-state index < -0.39 is 0 Å². The van der Waals surface area contributed by atoms with Gasteiger partial charge in [0.25, 0.3) is 0 Å². The SMILES string of the molecule is COc1ccc(C2Oc3ccccc3C3=C2C(c2ccccc2)n2ncnc2N3)cc1OC. The van der Waals surface area contributed by atoms with Crippen LogP contribution in [0.1, 0.15) is 28.8 Å². The van der Waals surface area contributed by atoms with E-state index in [2.05, 4.69) is 33.6 Å². The van der Waals surface area contributed by atoms with E-state index in [1.54, 1.807) is 20.5 Å². The van der Waals surface area contributed by atoms with Crippen molar-refractivity contribution in [3.05, 3.63) is 101 Å². The Hall–Kier alpha value is -4.26. The molecular formula is C26H22N4O3. The molecule has 3 heterocycles. The number of benzene rings is 3. The molecule has 3 aromatic carbocycles. The van der Waals surface area contributed by atoms with Gasteiger partial charge in [0, 0.05) is 16.7 Å². The van der Waals surface area contributed by atoms with Crippen LogP contribution in [0.25, 0.3) is 5.70 Å². The molecule has 2 aliphatic rings. The van der Waals surface area contributed by atoms with Crippen molar-refractivity contribution in [2.24, 2.45) is 0 Å². The summed E-state index contributed by atoms with van der Waals surface area (Å²) in [6.45, 7) is 0. The Morgan fingerprint density at radius 3 is 2.48 bits per heavy atom. The highest BCUT2D eigenvalue weighted by atomic mass is 16.5. The van der Waals surface area contributed by atoms with E-state index in [0.717, 1.165) is 33.7 Å². The largest absolute Gasteiger partial charge is 0.493 e. The standard InChI is InChI=1S/C26H22N4O3/c1-31-20-13-12-17(14-21(20)32-2)25-22-23(18-10-6-7-11-19(18)33-25)29-26-27-15-28-30(26)24(22)16-8-4-3-5-9-16/h3-15,24-25H,1-2H3,(H,27,28,29). The summed E-state index contributed by atoms with van der Waals surface area (Å²) >= 11 is 0. The van der Waals surface area contributed by atoms with E-state index in [9.17, 15) is 0 Å². The molecule has 164 valence electrons. The molecule has 7 nitrogen and oxygen atoms in total. The molecule has 7 heteroatoms. The molecule has 0 spiro atoms. The number of nitrogens with one attached hydrogen (secondary N) is 1. The Morgan fingerprint density at radius 2 is 1.67 bits per heavy atom. The summed E-state index contributed by atoms with van der Waals surface area (Å²) in [4.78, 5) is 4.47. The zero-order chi connectivity index (χ0) is 22.4. The Kier molecular flexibility index (Phi) is 4.54. The topological polar surface area (TPSA) is 70.4 Å². The number of nitrogens with zero attached hydrogens (tertiary/aromatic N) is 3. The third kappa shape index (κ3) is 3.04. The first-order valence-corrected chi connectivity index (χ1v) is 10.7. The lowest BCUT2D eigenvalue weighted by atomic mass is 9.84. The highest BCUT2D eigenvalue weighted by molar-refractivity contribution is 5.85. The molecule has 1 aromatic heterocycles. The number of methoxy groups -OCH3 is 2. The molecule has 2 unspecified atom stereocenters. The second-order valence-corrected chi connectivity index (χ2v) is 7.91. The fraction of sp³-hybridized carbons (Fsp3) is 0.154. The van der Waals surface area contributed by atoms with Crippen molar-refractivity contribution in [3.8, 4) is 17.2 Å². The molecule has 0 amide bonds. The Balaban J connectivity index is 1.60. The van der Waals surface area contributed by atoms with E-state index in [4.69, 9.17) is 14.2 Å². The molecule has 1 N–H and O–H groups in total. The summed E-state index contributed by atoms with van der Waals surface area (Å²) in [5.41, 5.74) is 5.11. The van der Waals surface area contributed by atoms with Gasteiger partial charge in [-0.05, 0) is 29.8 Å². The van der Waals surface area contributed by atoms with Gasteiger partial charge < -0.3 is 19.5 Å². The maximum absolute atomic E-state index is 6.65. The minimum Gasteiger partial charge on any atom is -0.493 e. The van der Waals surface area contributed by atoms with Gasteiger partial charge in [0.2, 0.25) is 5.95 Å². The summed E-state index contributed by atoms with van der Waals surface area (Å²) in [5, 5.41) is 8.08. The summed E-state index contributed by atoms with van der Waals surface area (Å²) in [5.74, 6) is 2.83. The van der Waals surface area contributed by atoms with E-state index in [1.165, 1.54) is 0 Å². The Bertz CT molecular complexity index is 1360. The van der Waals surface area contributed by atoms with E-state index in [0.29, 0.717) is 17.4 Å². The summed E-state index contributed by atoms with van der Waals surface area (Å²) in [6.07, 6.45) is 1.21. The van der Waals surface area contributed by atoms with Crippen molar-refractivity contribution in [2.75, 3.05) is 19.5 Å². The van der Waals surface area contributed by atoms with Crippen molar-refractivity contribution in [3.63, 3.8) is 0 Å². The molecule has 4 aromatic rings. The highest BCUT2D eigenvalue weighted by Crippen LogP contribution is 2.51. The van der Waals surface area contributed by atoms with Gasteiger partial charge in [-0.1, -0.05) is 48.5 Å². The van der Waals surface area contributed by atoms with Crippen LogP contribution in [0.5, 0.6) is 17.2 Å². The number of para-hydroxylation sites is 1. The van der Waals surface area contributed by atoms with Gasteiger partial charge >= 0.3 is 0 Å². The van der Waals surface area contributed by atoms with Crippen LogP contribution in [-0.2, 0) is 0 Å². The van der Waals surface area contributed by atoms with E-state index >= 15 is 0 Å². The summed E-state index contributed by atoms with van der Waals surface area (Å²) in [7, 11) is 3.27. The first-order chi connectivity index (χ1) is 16.3. The molecule has 2 atom stereocenters. The minimum absolute atomic E-state index is 0.189. The summed E-state index contributed by atoms with van der Waals surface area (Å²) < 4.78 is 19.6. The van der Waals surface area contributed by atoms with Crippen molar-refractivity contribution in [1.82, 2.24) is 14.8 Å². The first-order valence-electron chi connectivity index (χ1n) is 10.7. The average molecular weight is 438 g/mol. The zero-order valence-electron chi connectivity index (χ0n) is 18.2. The molecular weight excluding hydrogens is 416 g/mol. The maximum atomic E-state index is 6.65. The predicted molar refractivity (Wildman–Crippen MR) is 125 cm³/mol. The molecule has 0 saturated carbocycles. The lowest BCUT2D eigenvalue weighted by molar-refractivity contribution is 0.222. The van der Waals surface area contributed by atoms with Crippen molar-refractivity contribution in [2.45, 2.75) is 12.1 Å². The van der Waals surface area contributed by atoms with Crippen molar-refractivity contribution >= 4 is 11.6 Å². The van der Waals surface area contributed by atoms with Crippen LogP contribution < -0.4 is 19.5 Å². The number of fused-ring (bicyclic) bond motifs is 3. The lowest BCUT2D eigenvalue weighted by Crippen LogP contribution is -2.32. The lowest BCUT2D eigenvalue weighted by Gasteiger charge is -2.39. The van der Waals surface area contributed by atoms with Gasteiger partial charge in [0.05, 0.1) is 19.9 Å². The number of ether oxygens (including phenoxy) is 3. The molecule has 0 fully saturated rings. The van der Waals surface area contributed by atoms with Crippen LogP contribution in [0.15, 0.2) is 84.7 Å². The second-order valence-electron chi connectivity index (χ2n) is 7.91. The zero-order valence-corrected chi connectivity index (χ0v) is 18.2. The van der Waals surface area contributed by atoms with E-state index in [-0.39, 0.29) is 12.1 Å². The highest BCUT2D eigenvalue weighted by Gasteiger charge is 2.41. The quantitative estimate of drug-likeness (QED) is 0.491. The monoisotopic (exact) mass is 438 g/mol. The average Bonchev–Trinajstić information content (AvgIpc) is 3.35.